The number of carbonyl (C=O) groups excluding carboxylic acids is 1. The molecule has 2 aromatic carbocycles. The molecule has 3 aromatic heterocycles. The Morgan fingerprint density at radius 2 is 1.97 bits per heavy atom. The molecule has 0 aliphatic heterocycles. The van der Waals surface area contributed by atoms with Crippen LogP contribution in [-0.4, -0.2) is 34.1 Å². The zero-order valence-electron chi connectivity index (χ0n) is 16.9. The van der Waals surface area contributed by atoms with Crippen molar-refractivity contribution in [3.05, 3.63) is 74.6 Å². The first-order valence-electron chi connectivity index (χ1n) is 9.42. The van der Waals surface area contributed by atoms with Gasteiger partial charge in [-0.1, -0.05) is 22.7 Å². The average molecular weight is 496 g/mol. The van der Waals surface area contributed by atoms with Crippen LogP contribution in [0, 0.1) is 10.1 Å². The summed E-state index contributed by atoms with van der Waals surface area (Å²) in [6.45, 7) is 0. The topological polar surface area (TPSA) is 111 Å². The van der Waals surface area contributed by atoms with Crippen molar-refractivity contribution in [2.24, 2.45) is 5.10 Å². The highest BCUT2D eigenvalue weighted by Gasteiger charge is 2.22. The zero-order valence-corrected chi connectivity index (χ0v) is 19.3. The largest absolute Gasteiger partial charge is 0.497 e. The Labute approximate surface area is 198 Å². The zero-order chi connectivity index (χ0) is 22.9. The summed E-state index contributed by atoms with van der Waals surface area (Å²) in [5.41, 5.74) is 3.66. The van der Waals surface area contributed by atoms with Crippen LogP contribution < -0.4 is 9.75 Å². The quantitative estimate of drug-likeness (QED) is 0.173. The van der Waals surface area contributed by atoms with E-state index in [1.54, 1.807) is 43.0 Å². The van der Waals surface area contributed by atoms with Crippen LogP contribution in [0.5, 0.6) is 5.75 Å². The molecule has 9 nitrogen and oxygen atoms in total. The Hall–Kier alpha value is -3.74. The standard InChI is InChI=1S/C21H13N5O4S3/c1-30-13-3-6-16-18(9-13)33-21(24-16)25(23-10-14-4-7-19(32-14)26(28)29)20(27)12-2-5-15-17(8-12)31-11-22-15/h2-11H,1H3/b23-10+. The molecule has 33 heavy (non-hydrogen) atoms. The molecule has 0 atom stereocenters. The molecule has 0 aliphatic rings. The lowest BCUT2D eigenvalue weighted by Crippen LogP contribution is -2.25. The van der Waals surface area contributed by atoms with E-state index in [9.17, 15) is 14.9 Å². The molecule has 5 aromatic rings. The van der Waals surface area contributed by atoms with Gasteiger partial charge in [0.25, 0.3) is 5.91 Å². The summed E-state index contributed by atoms with van der Waals surface area (Å²) in [6, 6.07) is 13.7. The van der Waals surface area contributed by atoms with Gasteiger partial charge >= 0.3 is 5.00 Å². The Balaban J connectivity index is 1.56. The summed E-state index contributed by atoms with van der Waals surface area (Å²) in [4.78, 5) is 33.4. The first kappa shape index (κ1) is 21.1. The van der Waals surface area contributed by atoms with Crippen LogP contribution in [0.15, 0.2) is 59.1 Å². The first-order valence-corrected chi connectivity index (χ1v) is 11.9. The van der Waals surface area contributed by atoms with E-state index in [1.165, 1.54) is 40.0 Å². The molecule has 0 bridgehead atoms. The molecular formula is C21H13N5O4S3. The van der Waals surface area contributed by atoms with Crippen molar-refractivity contribution >= 4 is 76.7 Å². The lowest BCUT2D eigenvalue weighted by atomic mass is 10.2. The summed E-state index contributed by atoms with van der Waals surface area (Å²) >= 11 is 3.71. The van der Waals surface area contributed by atoms with Gasteiger partial charge in [0, 0.05) is 11.6 Å². The lowest BCUT2D eigenvalue weighted by molar-refractivity contribution is -0.380. The fourth-order valence-electron chi connectivity index (χ4n) is 3.03. The second-order valence-electron chi connectivity index (χ2n) is 6.66. The number of thiophene rings is 1. The Morgan fingerprint density at radius 3 is 2.76 bits per heavy atom. The number of hydrogen-bond acceptors (Lipinski definition) is 10. The van der Waals surface area contributed by atoms with E-state index in [1.807, 2.05) is 12.1 Å². The van der Waals surface area contributed by atoms with Crippen molar-refractivity contribution in [1.82, 2.24) is 9.97 Å². The Morgan fingerprint density at radius 1 is 1.12 bits per heavy atom. The Kier molecular flexibility index (Phi) is 5.54. The molecule has 0 saturated heterocycles. The number of benzene rings is 2. The second kappa shape index (κ2) is 8.65. The normalized spacial score (nSPS) is 11.4. The number of ether oxygens (including phenoxy) is 1. The number of amides is 1. The van der Waals surface area contributed by atoms with Gasteiger partial charge in [-0.2, -0.15) is 10.1 Å². The van der Waals surface area contributed by atoms with Gasteiger partial charge in [0.1, 0.15) is 5.75 Å². The van der Waals surface area contributed by atoms with Gasteiger partial charge in [-0.05, 0) is 42.5 Å². The molecule has 164 valence electrons. The molecule has 0 fully saturated rings. The summed E-state index contributed by atoms with van der Waals surface area (Å²) in [7, 11) is 1.58. The number of hydrogen-bond donors (Lipinski definition) is 0. The van der Waals surface area contributed by atoms with Gasteiger partial charge in [-0.25, -0.2) is 9.97 Å². The van der Waals surface area contributed by atoms with E-state index in [4.69, 9.17) is 4.74 Å². The minimum absolute atomic E-state index is 0.00273. The molecule has 0 radical (unpaired) electrons. The highest BCUT2D eigenvalue weighted by molar-refractivity contribution is 7.22. The smallest absolute Gasteiger partial charge is 0.324 e. The van der Waals surface area contributed by atoms with Gasteiger partial charge in [-0.3, -0.25) is 14.9 Å². The first-order chi connectivity index (χ1) is 16.0. The number of thiazole rings is 2. The summed E-state index contributed by atoms with van der Waals surface area (Å²) in [6.07, 6.45) is 1.42. The summed E-state index contributed by atoms with van der Waals surface area (Å²) in [5, 5.41) is 16.9. The van der Waals surface area contributed by atoms with Crippen LogP contribution in [0.3, 0.4) is 0 Å². The van der Waals surface area contributed by atoms with Crippen LogP contribution >= 0.6 is 34.0 Å². The number of nitrogens with zero attached hydrogens (tertiary/aromatic N) is 5. The van der Waals surface area contributed by atoms with Gasteiger partial charge in [0.2, 0.25) is 5.13 Å². The lowest BCUT2D eigenvalue weighted by Gasteiger charge is -2.13. The number of nitro groups is 1. The molecule has 0 saturated carbocycles. The van der Waals surface area contributed by atoms with E-state index in [0.717, 1.165) is 26.3 Å². The summed E-state index contributed by atoms with van der Waals surface area (Å²) in [5.74, 6) is 0.305. The van der Waals surface area contributed by atoms with Crippen LogP contribution in [0.1, 0.15) is 15.2 Å². The van der Waals surface area contributed by atoms with Crippen molar-refractivity contribution in [3.8, 4) is 5.75 Å². The van der Waals surface area contributed by atoms with E-state index in [0.29, 0.717) is 26.8 Å². The van der Waals surface area contributed by atoms with E-state index >= 15 is 0 Å². The molecule has 0 unspecified atom stereocenters. The molecular weight excluding hydrogens is 482 g/mol. The third-order valence-electron chi connectivity index (χ3n) is 4.63. The van der Waals surface area contributed by atoms with E-state index in [-0.39, 0.29) is 10.9 Å². The highest BCUT2D eigenvalue weighted by atomic mass is 32.1. The summed E-state index contributed by atoms with van der Waals surface area (Å²) < 4.78 is 7.00. The highest BCUT2D eigenvalue weighted by Crippen LogP contribution is 2.33. The number of rotatable bonds is 6. The molecule has 0 spiro atoms. The second-order valence-corrected chi connectivity index (χ2v) is 9.65. The maximum Gasteiger partial charge on any atom is 0.324 e. The van der Waals surface area contributed by atoms with Crippen LogP contribution in [0.2, 0.25) is 0 Å². The van der Waals surface area contributed by atoms with Crippen molar-refractivity contribution in [2.45, 2.75) is 0 Å². The van der Waals surface area contributed by atoms with Crippen LogP contribution in [0.25, 0.3) is 20.4 Å². The van der Waals surface area contributed by atoms with Crippen LogP contribution in [0.4, 0.5) is 10.1 Å². The maximum atomic E-state index is 13.5. The van der Waals surface area contributed by atoms with E-state index in [2.05, 4.69) is 15.1 Å². The van der Waals surface area contributed by atoms with Crippen LogP contribution in [-0.2, 0) is 0 Å². The average Bonchev–Trinajstić information content (AvgIpc) is 3.56. The van der Waals surface area contributed by atoms with Gasteiger partial charge in [-0.15, -0.1) is 11.3 Å². The van der Waals surface area contributed by atoms with Crippen molar-refractivity contribution in [1.29, 1.82) is 0 Å². The predicted molar refractivity (Wildman–Crippen MR) is 131 cm³/mol. The van der Waals surface area contributed by atoms with Crippen molar-refractivity contribution in [2.75, 3.05) is 12.1 Å². The number of fused-ring (bicyclic) bond motifs is 2. The SMILES string of the molecule is COc1ccc2nc(N(/N=C/c3ccc([N+](=O)[O-])s3)C(=O)c3ccc4ncsc4c3)sc2c1. The maximum absolute atomic E-state index is 13.5. The number of hydrazone groups is 1. The fraction of sp³-hybridized carbons (Fsp3) is 0.0476. The molecule has 0 N–H and O–H groups in total. The number of anilines is 1. The number of methoxy groups -OCH3 is 1. The molecule has 0 aliphatic carbocycles. The minimum Gasteiger partial charge on any atom is -0.497 e. The number of aromatic nitrogens is 2. The van der Waals surface area contributed by atoms with Gasteiger partial charge < -0.3 is 4.74 Å². The fourth-order valence-corrected chi connectivity index (χ4v) is 5.39. The molecule has 3 heterocycles. The van der Waals surface area contributed by atoms with E-state index < -0.39 is 4.92 Å². The third kappa shape index (κ3) is 4.18. The monoisotopic (exact) mass is 495 g/mol. The molecule has 12 heteroatoms. The van der Waals surface area contributed by atoms with Crippen molar-refractivity contribution in [3.63, 3.8) is 0 Å². The third-order valence-corrected chi connectivity index (χ3v) is 7.39. The predicted octanol–water partition coefficient (Wildman–Crippen LogP) is 5.57. The van der Waals surface area contributed by atoms with Gasteiger partial charge in [0.15, 0.2) is 0 Å². The molecule has 5 rings (SSSR count). The number of carbonyl (C=O) groups is 1. The molecule has 1 amide bonds. The Bertz CT molecular complexity index is 1540. The minimum atomic E-state index is -0.462. The van der Waals surface area contributed by atoms with Gasteiger partial charge in [0.05, 0.1) is 49.1 Å². The van der Waals surface area contributed by atoms with Crippen molar-refractivity contribution < 1.29 is 14.5 Å².